The number of amides is 1. The van der Waals surface area contributed by atoms with Gasteiger partial charge in [-0.05, 0) is 32.9 Å². The lowest BCUT2D eigenvalue weighted by Crippen LogP contribution is -2.63. The van der Waals surface area contributed by atoms with Crippen molar-refractivity contribution in [2.75, 3.05) is 46.5 Å². The second-order valence-corrected chi connectivity index (χ2v) is 9.73. The fourth-order valence-corrected chi connectivity index (χ4v) is 4.76. The number of nitrogens with zero attached hydrogens (tertiary/aromatic N) is 1. The van der Waals surface area contributed by atoms with Gasteiger partial charge in [0.25, 0.3) is 5.91 Å². The number of benzene rings is 1. The quantitative estimate of drug-likeness (QED) is 0.366. The van der Waals surface area contributed by atoms with Crippen molar-refractivity contribution in [3.05, 3.63) is 33.7 Å². The number of carbonyl (C=O) groups excluding carboxylic acids is 1. The molecule has 0 aliphatic carbocycles. The number of morpholine rings is 1. The Morgan fingerprint density at radius 3 is 2.59 bits per heavy atom. The van der Waals surface area contributed by atoms with E-state index in [1.807, 2.05) is 0 Å². The largest absolute Gasteiger partial charge is 0.506 e. The molecular formula is C25H34N2O10. The first-order valence-corrected chi connectivity index (χ1v) is 12.2. The van der Waals surface area contributed by atoms with Gasteiger partial charge >= 0.3 is 5.63 Å². The summed E-state index contributed by atoms with van der Waals surface area (Å²) in [5.74, 6) is -1.04. The van der Waals surface area contributed by atoms with Crippen LogP contribution >= 0.6 is 0 Å². The molecule has 3 heterocycles. The van der Waals surface area contributed by atoms with Gasteiger partial charge in [-0.3, -0.25) is 9.69 Å². The van der Waals surface area contributed by atoms with E-state index in [-0.39, 0.29) is 23.3 Å². The van der Waals surface area contributed by atoms with Crippen molar-refractivity contribution in [3.8, 4) is 11.5 Å². The maximum Gasteiger partial charge on any atom is 0.353 e. The molecule has 0 radical (unpaired) electrons. The highest BCUT2D eigenvalue weighted by molar-refractivity contribution is 6.02. The highest BCUT2D eigenvalue weighted by atomic mass is 16.7. The van der Waals surface area contributed by atoms with E-state index >= 15 is 0 Å². The fraction of sp³-hybridized carbons (Fsp3) is 0.600. The number of aromatic hydroxyl groups is 1. The molecular weight excluding hydrogens is 488 g/mol. The number of aliphatic hydroxyl groups is 2. The maximum absolute atomic E-state index is 12.7. The lowest BCUT2D eigenvalue weighted by atomic mass is 9.89. The topological polar surface area (TPSA) is 160 Å². The summed E-state index contributed by atoms with van der Waals surface area (Å²) in [6.07, 6.45) is -4.72. The number of aliphatic hydroxyl groups excluding tert-OH is 2. The normalized spacial score (nSPS) is 26.2. The highest BCUT2D eigenvalue weighted by Crippen LogP contribution is 2.36. The molecule has 4 rings (SSSR count). The average molecular weight is 523 g/mol. The van der Waals surface area contributed by atoms with Crippen LogP contribution in [0.25, 0.3) is 11.0 Å². The minimum absolute atomic E-state index is 0.0183. The van der Waals surface area contributed by atoms with Gasteiger partial charge in [-0.1, -0.05) is 0 Å². The Kier molecular flexibility index (Phi) is 8.07. The molecule has 37 heavy (non-hydrogen) atoms. The van der Waals surface area contributed by atoms with E-state index in [0.717, 1.165) is 13.1 Å². The predicted octanol–water partition coefficient (Wildman–Crippen LogP) is 0.120. The van der Waals surface area contributed by atoms with Crippen LogP contribution in [0.4, 0.5) is 0 Å². The Bertz CT molecular complexity index is 1190. The summed E-state index contributed by atoms with van der Waals surface area (Å²) < 4.78 is 27.7. The predicted molar refractivity (Wildman–Crippen MR) is 131 cm³/mol. The van der Waals surface area contributed by atoms with E-state index in [4.69, 9.17) is 23.4 Å². The summed E-state index contributed by atoms with van der Waals surface area (Å²) in [4.78, 5) is 27.5. The molecule has 4 atom stereocenters. The van der Waals surface area contributed by atoms with Crippen molar-refractivity contribution in [3.63, 3.8) is 0 Å². The van der Waals surface area contributed by atoms with Gasteiger partial charge in [-0.2, -0.15) is 0 Å². The highest BCUT2D eigenvalue weighted by Gasteiger charge is 2.50. The van der Waals surface area contributed by atoms with Crippen LogP contribution in [-0.4, -0.2) is 103 Å². The summed E-state index contributed by atoms with van der Waals surface area (Å²) in [6.45, 7) is 8.64. The number of aryl methyl sites for hydroxylation is 1. The summed E-state index contributed by atoms with van der Waals surface area (Å²) in [5, 5.41) is 34.6. The molecule has 12 nitrogen and oxygen atoms in total. The van der Waals surface area contributed by atoms with E-state index in [9.17, 15) is 24.9 Å². The summed E-state index contributed by atoms with van der Waals surface area (Å²) >= 11 is 0. The van der Waals surface area contributed by atoms with E-state index < -0.39 is 53.0 Å². The fourth-order valence-electron chi connectivity index (χ4n) is 4.76. The Balaban J connectivity index is 1.54. The number of carbonyl (C=O) groups is 1. The van der Waals surface area contributed by atoms with Crippen LogP contribution in [0.5, 0.6) is 11.5 Å². The third-order valence-electron chi connectivity index (χ3n) is 6.83. The van der Waals surface area contributed by atoms with Gasteiger partial charge in [-0.25, -0.2) is 4.79 Å². The zero-order valence-electron chi connectivity index (χ0n) is 21.4. The summed E-state index contributed by atoms with van der Waals surface area (Å²) in [6, 6.07) is 2.94. The van der Waals surface area contributed by atoms with Gasteiger partial charge < -0.3 is 44.0 Å². The number of fused-ring (bicyclic) bond motifs is 1. The molecule has 1 aromatic heterocycles. The van der Waals surface area contributed by atoms with Crippen LogP contribution < -0.4 is 15.7 Å². The van der Waals surface area contributed by atoms with Crippen molar-refractivity contribution >= 4 is 16.9 Å². The van der Waals surface area contributed by atoms with E-state index in [0.29, 0.717) is 25.3 Å². The number of nitrogens with one attached hydrogen (secondary N) is 1. The molecule has 0 spiro atoms. The molecule has 4 N–H and O–H groups in total. The van der Waals surface area contributed by atoms with Crippen molar-refractivity contribution < 1.29 is 43.5 Å². The smallest absolute Gasteiger partial charge is 0.353 e. The Hall–Kier alpha value is -2.74. The van der Waals surface area contributed by atoms with Crippen molar-refractivity contribution in [1.82, 2.24) is 10.2 Å². The number of hydrogen-bond acceptors (Lipinski definition) is 11. The molecule has 2 aliphatic rings. The Morgan fingerprint density at radius 1 is 1.22 bits per heavy atom. The standard InChI is InChI=1S/C25H34N2O10/c1-13-15(35-24-19(30)18(29)21(33-4)25(2,3)37-24)6-5-14-17(28)16(23(32)36-20(13)14)22(31)26-7-8-27-9-11-34-12-10-27/h5-6,18-19,21,24,28-30H,7-12H2,1-4H3,(H,26,31)/t18-,19+,21+,24+/m0/s1. The monoisotopic (exact) mass is 522 g/mol. The zero-order chi connectivity index (χ0) is 26.9. The zero-order valence-corrected chi connectivity index (χ0v) is 21.4. The van der Waals surface area contributed by atoms with E-state index in [2.05, 4.69) is 10.2 Å². The SMILES string of the molecule is CO[C@@H]1[C@@H](O)[C@@H](O)[C@H](Oc2ccc3c(O)c(C(=O)NCCN4CCOCC4)c(=O)oc3c2C)OC1(C)C. The lowest BCUT2D eigenvalue weighted by Gasteiger charge is -2.46. The minimum atomic E-state index is -1.42. The van der Waals surface area contributed by atoms with Crippen molar-refractivity contribution in [2.45, 2.75) is 51.0 Å². The van der Waals surface area contributed by atoms with E-state index in [1.165, 1.54) is 19.2 Å². The first-order chi connectivity index (χ1) is 17.5. The molecule has 12 heteroatoms. The van der Waals surface area contributed by atoms with Crippen LogP contribution in [0.3, 0.4) is 0 Å². The number of rotatable bonds is 7. The molecule has 2 aromatic rings. The molecule has 0 unspecified atom stereocenters. The van der Waals surface area contributed by atoms with Gasteiger partial charge in [-0.15, -0.1) is 0 Å². The van der Waals surface area contributed by atoms with Gasteiger partial charge in [0.2, 0.25) is 6.29 Å². The first kappa shape index (κ1) is 27.3. The van der Waals surface area contributed by atoms with Crippen LogP contribution in [0, 0.1) is 6.92 Å². The lowest BCUT2D eigenvalue weighted by molar-refractivity contribution is -0.306. The summed E-state index contributed by atoms with van der Waals surface area (Å²) in [7, 11) is 1.41. The molecule has 2 aliphatic heterocycles. The molecule has 1 aromatic carbocycles. The van der Waals surface area contributed by atoms with Gasteiger partial charge in [0.05, 0.1) is 24.2 Å². The number of methoxy groups -OCH3 is 1. The van der Waals surface area contributed by atoms with Crippen molar-refractivity contribution in [2.24, 2.45) is 0 Å². The molecule has 2 fully saturated rings. The van der Waals surface area contributed by atoms with E-state index in [1.54, 1.807) is 20.8 Å². The van der Waals surface area contributed by atoms with Crippen LogP contribution in [0.15, 0.2) is 21.3 Å². The Morgan fingerprint density at radius 2 is 1.92 bits per heavy atom. The van der Waals surface area contributed by atoms with Crippen molar-refractivity contribution in [1.29, 1.82) is 0 Å². The van der Waals surface area contributed by atoms with Gasteiger partial charge in [0.15, 0.2) is 5.56 Å². The number of ether oxygens (including phenoxy) is 4. The third-order valence-corrected chi connectivity index (χ3v) is 6.83. The van der Waals surface area contributed by atoms with Gasteiger partial charge in [0.1, 0.15) is 35.4 Å². The molecule has 1 amide bonds. The molecule has 0 bridgehead atoms. The summed E-state index contributed by atoms with van der Waals surface area (Å²) in [5.41, 5.74) is -2.10. The first-order valence-electron chi connectivity index (χ1n) is 12.2. The number of hydrogen-bond donors (Lipinski definition) is 4. The molecule has 204 valence electrons. The second-order valence-electron chi connectivity index (χ2n) is 9.73. The van der Waals surface area contributed by atoms with Crippen LogP contribution in [-0.2, 0) is 14.2 Å². The minimum Gasteiger partial charge on any atom is -0.506 e. The Labute approximate surface area is 213 Å². The van der Waals surface area contributed by atoms with Gasteiger partial charge in [0, 0.05) is 38.9 Å². The average Bonchev–Trinajstić information content (AvgIpc) is 2.85. The van der Waals surface area contributed by atoms with Crippen LogP contribution in [0.2, 0.25) is 0 Å². The van der Waals surface area contributed by atoms with Crippen LogP contribution in [0.1, 0.15) is 29.8 Å². The second kappa shape index (κ2) is 10.9. The maximum atomic E-state index is 12.7. The molecule has 2 saturated heterocycles. The third kappa shape index (κ3) is 5.44. The molecule has 0 saturated carbocycles.